The second-order valence-corrected chi connectivity index (χ2v) is 7.52. The number of hydrogen-bond acceptors (Lipinski definition) is 5. The molecule has 2 aliphatic heterocycles. The Kier molecular flexibility index (Phi) is 5.60. The van der Waals surface area contributed by atoms with Gasteiger partial charge in [-0.05, 0) is 50.6 Å². The van der Waals surface area contributed by atoms with E-state index in [9.17, 15) is 14.7 Å². The van der Waals surface area contributed by atoms with Crippen LogP contribution < -0.4 is 9.47 Å². The third-order valence-corrected chi connectivity index (χ3v) is 6.11. The van der Waals surface area contributed by atoms with Crippen molar-refractivity contribution in [1.82, 2.24) is 9.80 Å². The molecule has 0 saturated carbocycles. The van der Waals surface area contributed by atoms with Gasteiger partial charge in [0.2, 0.25) is 5.91 Å². The van der Waals surface area contributed by atoms with Crippen LogP contribution in [0.1, 0.15) is 24.8 Å². The minimum absolute atomic E-state index is 0.0141. The van der Waals surface area contributed by atoms with Gasteiger partial charge in [-0.2, -0.15) is 0 Å². The first-order chi connectivity index (χ1) is 12.9. The molecule has 1 aromatic rings. The highest BCUT2D eigenvalue weighted by molar-refractivity contribution is 5.81. The van der Waals surface area contributed by atoms with Crippen molar-refractivity contribution in [3.63, 3.8) is 0 Å². The van der Waals surface area contributed by atoms with E-state index in [-0.39, 0.29) is 18.4 Å². The fourth-order valence-electron chi connectivity index (χ4n) is 4.49. The number of likely N-dealkylation sites (tertiary alicyclic amines) is 2. The Labute approximate surface area is 159 Å². The molecule has 7 heteroatoms. The van der Waals surface area contributed by atoms with Gasteiger partial charge in [0.25, 0.3) is 0 Å². The lowest BCUT2D eigenvalue weighted by atomic mass is 9.68. The molecule has 3 rings (SSSR count). The van der Waals surface area contributed by atoms with Crippen LogP contribution in [0, 0.1) is 5.41 Å². The molecule has 27 heavy (non-hydrogen) atoms. The Hall–Kier alpha value is -2.28. The Balaban J connectivity index is 1.72. The fraction of sp³-hybridized carbons (Fsp3) is 0.600. The normalized spacial score (nSPS) is 25.6. The molecule has 2 heterocycles. The number of carbonyl (C=O) groups excluding carboxylic acids is 1. The molecule has 1 amide bonds. The summed E-state index contributed by atoms with van der Waals surface area (Å²) in [5.74, 6) is 0.506. The molecule has 0 unspecified atom stereocenters. The number of likely N-dealkylation sites (N-methyl/N-ethyl adjacent to an activating group) is 1. The second-order valence-electron chi connectivity index (χ2n) is 7.52. The monoisotopic (exact) mass is 376 g/mol. The summed E-state index contributed by atoms with van der Waals surface area (Å²) in [5, 5.41) is 9.85. The second kappa shape index (κ2) is 7.76. The predicted molar refractivity (Wildman–Crippen MR) is 100 cm³/mol. The SMILES string of the molecule is COc1ccc(CC(=O)N2CC[C@@]3(C(=O)O)CCCN(C)[C@@H]3C2)cc1OC. The first-order valence-electron chi connectivity index (χ1n) is 9.33. The predicted octanol–water partition coefficient (Wildman–Crippen LogP) is 1.64. The molecule has 0 spiro atoms. The molecule has 0 bridgehead atoms. The minimum atomic E-state index is -0.731. The number of rotatable bonds is 5. The van der Waals surface area contributed by atoms with E-state index < -0.39 is 11.4 Å². The number of amides is 1. The van der Waals surface area contributed by atoms with Gasteiger partial charge in [-0.25, -0.2) is 0 Å². The summed E-state index contributed by atoms with van der Waals surface area (Å²) >= 11 is 0. The van der Waals surface area contributed by atoms with Gasteiger partial charge in [0, 0.05) is 19.1 Å². The number of carboxylic acid groups (broad SMARTS) is 1. The van der Waals surface area contributed by atoms with Crippen LogP contribution in [0.4, 0.5) is 0 Å². The summed E-state index contributed by atoms with van der Waals surface area (Å²) in [6.07, 6.45) is 2.35. The van der Waals surface area contributed by atoms with Crippen LogP contribution in [-0.2, 0) is 16.0 Å². The van der Waals surface area contributed by atoms with Crippen molar-refractivity contribution in [2.75, 3.05) is 40.9 Å². The van der Waals surface area contributed by atoms with Crippen LogP contribution >= 0.6 is 0 Å². The number of piperidine rings is 2. The number of carboxylic acids is 1. The molecule has 1 aromatic carbocycles. The maximum absolute atomic E-state index is 12.9. The first-order valence-corrected chi connectivity index (χ1v) is 9.33. The van der Waals surface area contributed by atoms with E-state index in [1.807, 2.05) is 24.1 Å². The van der Waals surface area contributed by atoms with E-state index in [0.717, 1.165) is 18.5 Å². The summed E-state index contributed by atoms with van der Waals surface area (Å²) in [4.78, 5) is 28.8. The van der Waals surface area contributed by atoms with Gasteiger partial charge in [0.15, 0.2) is 11.5 Å². The summed E-state index contributed by atoms with van der Waals surface area (Å²) in [7, 11) is 5.11. The van der Waals surface area contributed by atoms with Crippen LogP contribution in [0.5, 0.6) is 11.5 Å². The maximum Gasteiger partial charge on any atom is 0.311 e. The molecule has 1 N–H and O–H groups in total. The molecule has 2 atom stereocenters. The van der Waals surface area contributed by atoms with Crippen molar-refractivity contribution in [2.45, 2.75) is 31.7 Å². The maximum atomic E-state index is 12.9. The Bertz CT molecular complexity index is 722. The van der Waals surface area contributed by atoms with Gasteiger partial charge in [-0.15, -0.1) is 0 Å². The number of hydrogen-bond donors (Lipinski definition) is 1. The lowest BCUT2D eigenvalue weighted by Crippen LogP contribution is -2.63. The number of methoxy groups -OCH3 is 2. The van der Waals surface area contributed by atoms with Gasteiger partial charge < -0.3 is 24.4 Å². The highest BCUT2D eigenvalue weighted by atomic mass is 16.5. The Morgan fingerprint density at radius 1 is 1.19 bits per heavy atom. The molecule has 148 valence electrons. The van der Waals surface area contributed by atoms with Crippen molar-refractivity contribution in [3.8, 4) is 11.5 Å². The highest BCUT2D eigenvalue weighted by Gasteiger charge is 2.52. The number of ether oxygens (including phenoxy) is 2. The smallest absolute Gasteiger partial charge is 0.311 e. The van der Waals surface area contributed by atoms with Gasteiger partial charge in [-0.3, -0.25) is 9.59 Å². The summed E-state index contributed by atoms with van der Waals surface area (Å²) in [6, 6.07) is 5.33. The van der Waals surface area contributed by atoms with Gasteiger partial charge in [-0.1, -0.05) is 6.07 Å². The van der Waals surface area contributed by atoms with E-state index >= 15 is 0 Å². The Morgan fingerprint density at radius 2 is 1.93 bits per heavy atom. The number of aliphatic carboxylic acids is 1. The zero-order chi connectivity index (χ0) is 19.6. The van der Waals surface area contributed by atoms with Gasteiger partial charge in [0.1, 0.15) is 0 Å². The van der Waals surface area contributed by atoms with Crippen LogP contribution in [0.25, 0.3) is 0 Å². The van der Waals surface area contributed by atoms with Crippen molar-refractivity contribution < 1.29 is 24.2 Å². The number of nitrogens with zero attached hydrogens (tertiary/aromatic N) is 2. The summed E-state index contributed by atoms with van der Waals surface area (Å²) in [6.45, 7) is 1.83. The third kappa shape index (κ3) is 3.60. The summed E-state index contributed by atoms with van der Waals surface area (Å²) in [5.41, 5.74) is 0.123. The standard InChI is InChI=1S/C20H28N2O5/c1-21-9-4-7-20(19(24)25)8-10-22(13-17(20)21)18(23)12-14-5-6-15(26-2)16(11-14)27-3/h5-6,11,17H,4,7-10,12-13H2,1-3H3,(H,24,25)/t17-,20+/m1/s1. The molecule has 0 radical (unpaired) electrons. The Morgan fingerprint density at radius 3 is 2.59 bits per heavy atom. The largest absolute Gasteiger partial charge is 0.493 e. The number of benzene rings is 1. The van der Waals surface area contributed by atoms with Crippen LogP contribution in [0.15, 0.2) is 18.2 Å². The lowest BCUT2D eigenvalue weighted by Gasteiger charge is -2.51. The zero-order valence-electron chi connectivity index (χ0n) is 16.2. The first kappa shape index (κ1) is 19.5. The molecular formula is C20H28N2O5. The highest BCUT2D eigenvalue weighted by Crippen LogP contribution is 2.42. The summed E-state index contributed by atoms with van der Waals surface area (Å²) < 4.78 is 10.5. The average Bonchev–Trinajstić information content (AvgIpc) is 2.67. The van der Waals surface area contributed by atoms with E-state index in [2.05, 4.69) is 4.90 Å². The van der Waals surface area contributed by atoms with E-state index in [1.165, 1.54) is 0 Å². The van der Waals surface area contributed by atoms with Crippen molar-refractivity contribution in [2.24, 2.45) is 5.41 Å². The zero-order valence-corrected chi connectivity index (χ0v) is 16.2. The minimum Gasteiger partial charge on any atom is -0.493 e. The van der Waals surface area contributed by atoms with Crippen LogP contribution in [0.2, 0.25) is 0 Å². The van der Waals surface area contributed by atoms with Crippen molar-refractivity contribution in [1.29, 1.82) is 0 Å². The quantitative estimate of drug-likeness (QED) is 0.842. The van der Waals surface area contributed by atoms with Crippen molar-refractivity contribution >= 4 is 11.9 Å². The topological polar surface area (TPSA) is 79.3 Å². The molecule has 2 fully saturated rings. The fourth-order valence-corrected chi connectivity index (χ4v) is 4.49. The van der Waals surface area contributed by atoms with Crippen LogP contribution in [0.3, 0.4) is 0 Å². The molecule has 2 aliphatic rings. The van der Waals surface area contributed by atoms with Gasteiger partial charge >= 0.3 is 5.97 Å². The molecule has 0 aromatic heterocycles. The van der Waals surface area contributed by atoms with Crippen molar-refractivity contribution in [3.05, 3.63) is 23.8 Å². The molecule has 2 saturated heterocycles. The van der Waals surface area contributed by atoms with E-state index in [1.54, 1.807) is 20.3 Å². The average molecular weight is 376 g/mol. The van der Waals surface area contributed by atoms with E-state index in [4.69, 9.17) is 9.47 Å². The number of carbonyl (C=O) groups is 2. The van der Waals surface area contributed by atoms with Crippen LogP contribution in [-0.4, -0.2) is 73.7 Å². The number of fused-ring (bicyclic) bond motifs is 1. The lowest BCUT2D eigenvalue weighted by molar-refractivity contribution is -0.165. The molecular weight excluding hydrogens is 348 g/mol. The van der Waals surface area contributed by atoms with E-state index in [0.29, 0.717) is 37.4 Å². The third-order valence-electron chi connectivity index (χ3n) is 6.11. The molecule has 7 nitrogen and oxygen atoms in total. The van der Waals surface area contributed by atoms with Gasteiger partial charge in [0.05, 0.1) is 26.1 Å². The molecule has 0 aliphatic carbocycles.